The van der Waals surface area contributed by atoms with Crippen LogP contribution in [0.15, 0.2) is 0 Å². The van der Waals surface area contributed by atoms with E-state index in [2.05, 4.69) is 4.74 Å². The Morgan fingerprint density at radius 3 is 2.93 bits per heavy atom. The van der Waals surface area contributed by atoms with Crippen molar-refractivity contribution in [3.8, 4) is 0 Å². The standard InChI is InChI=1S/C9H14ClNO4/c1-14-9(13)7-6-15-5-4-11(7)8(12)2-3-10/h7H,2-6H2,1H3. The molecule has 1 aliphatic rings. The number of alkyl halides is 1. The smallest absolute Gasteiger partial charge is 0.331 e. The van der Waals surface area contributed by atoms with Gasteiger partial charge in [-0.15, -0.1) is 11.6 Å². The first-order valence-corrected chi connectivity index (χ1v) is 5.25. The Bertz CT molecular complexity index is 246. The van der Waals surface area contributed by atoms with Gasteiger partial charge in [-0.3, -0.25) is 4.79 Å². The quantitative estimate of drug-likeness (QED) is 0.511. The van der Waals surface area contributed by atoms with E-state index in [1.54, 1.807) is 0 Å². The molecule has 0 spiro atoms. The van der Waals surface area contributed by atoms with Crippen LogP contribution in [-0.2, 0) is 19.1 Å². The second-order valence-corrected chi connectivity index (χ2v) is 3.52. The molecule has 1 fully saturated rings. The number of halogens is 1. The molecule has 0 aromatic heterocycles. The Kier molecular flexibility index (Phi) is 4.84. The first-order valence-electron chi connectivity index (χ1n) is 4.71. The van der Waals surface area contributed by atoms with Gasteiger partial charge in [0.2, 0.25) is 5.91 Å². The number of rotatable bonds is 3. The van der Waals surface area contributed by atoms with Crippen LogP contribution < -0.4 is 0 Å². The zero-order valence-electron chi connectivity index (χ0n) is 8.57. The number of nitrogens with zero attached hydrogens (tertiary/aromatic N) is 1. The summed E-state index contributed by atoms with van der Waals surface area (Å²) in [5.74, 6) is -0.328. The van der Waals surface area contributed by atoms with Crippen LogP contribution in [0.1, 0.15) is 6.42 Å². The van der Waals surface area contributed by atoms with Gasteiger partial charge >= 0.3 is 5.97 Å². The van der Waals surface area contributed by atoms with Crippen LogP contribution in [0.2, 0.25) is 0 Å². The normalized spacial score (nSPS) is 21.2. The Labute approximate surface area is 93.3 Å². The van der Waals surface area contributed by atoms with E-state index in [9.17, 15) is 9.59 Å². The Morgan fingerprint density at radius 1 is 1.60 bits per heavy atom. The van der Waals surface area contributed by atoms with Gasteiger partial charge in [0.1, 0.15) is 0 Å². The van der Waals surface area contributed by atoms with Crippen LogP contribution >= 0.6 is 11.6 Å². The van der Waals surface area contributed by atoms with Gasteiger partial charge in [0.15, 0.2) is 6.04 Å². The van der Waals surface area contributed by atoms with Crippen molar-refractivity contribution < 1.29 is 19.1 Å². The van der Waals surface area contributed by atoms with E-state index >= 15 is 0 Å². The number of hydrogen-bond donors (Lipinski definition) is 0. The van der Waals surface area contributed by atoms with Gasteiger partial charge in [0.05, 0.1) is 20.3 Å². The fourth-order valence-corrected chi connectivity index (χ4v) is 1.62. The van der Waals surface area contributed by atoms with Crippen LogP contribution in [0.3, 0.4) is 0 Å². The summed E-state index contributed by atoms with van der Waals surface area (Å²) in [4.78, 5) is 24.4. The van der Waals surface area contributed by atoms with Gasteiger partial charge in [-0.2, -0.15) is 0 Å². The molecule has 1 aliphatic heterocycles. The van der Waals surface area contributed by atoms with Crippen LogP contribution in [0.4, 0.5) is 0 Å². The van der Waals surface area contributed by atoms with Crippen molar-refractivity contribution in [2.45, 2.75) is 12.5 Å². The molecule has 1 saturated heterocycles. The van der Waals surface area contributed by atoms with Crippen LogP contribution in [-0.4, -0.2) is 55.6 Å². The summed E-state index contributed by atoms with van der Waals surface area (Å²) in [5.41, 5.74) is 0. The summed E-state index contributed by atoms with van der Waals surface area (Å²) in [6, 6.07) is -0.625. The van der Waals surface area contributed by atoms with E-state index in [1.807, 2.05) is 0 Å². The number of ether oxygens (including phenoxy) is 2. The van der Waals surface area contributed by atoms with Crippen molar-refractivity contribution in [2.24, 2.45) is 0 Å². The second kappa shape index (κ2) is 5.92. The first-order chi connectivity index (χ1) is 7.20. The maximum Gasteiger partial charge on any atom is 0.331 e. The molecule has 0 aliphatic carbocycles. The number of morpholine rings is 1. The van der Waals surface area contributed by atoms with Gasteiger partial charge in [0, 0.05) is 18.8 Å². The molecular formula is C9H14ClNO4. The van der Waals surface area contributed by atoms with E-state index in [0.29, 0.717) is 13.2 Å². The molecule has 1 rings (SSSR count). The third-order valence-electron chi connectivity index (χ3n) is 2.23. The van der Waals surface area contributed by atoms with Crippen LogP contribution in [0, 0.1) is 0 Å². The second-order valence-electron chi connectivity index (χ2n) is 3.14. The topological polar surface area (TPSA) is 55.8 Å². The van der Waals surface area contributed by atoms with Gasteiger partial charge < -0.3 is 14.4 Å². The summed E-state index contributed by atoms with van der Waals surface area (Å²) in [7, 11) is 1.29. The van der Waals surface area contributed by atoms with E-state index in [4.69, 9.17) is 16.3 Å². The van der Waals surface area contributed by atoms with Crippen molar-refractivity contribution in [2.75, 3.05) is 32.7 Å². The third-order valence-corrected chi connectivity index (χ3v) is 2.42. The minimum atomic E-state index is -0.625. The highest BCUT2D eigenvalue weighted by Crippen LogP contribution is 2.10. The summed E-state index contributed by atoms with van der Waals surface area (Å²) in [6.07, 6.45) is 0.231. The van der Waals surface area contributed by atoms with Gasteiger partial charge in [0.25, 0.3) is 0 Å². The summed E-state index contributed by atoms with van der Waals surface area (Å²) >= 11 is 5.48. The van der Waals surface area contributed by atoms with Crippen molar-refractivity contribution >= 4 is 23.5 Å². The molecule has 86 valence electrons. The van der Waals surface area contributed by atoms with Crippen LogP contribution in [0.25, 0.3) is 0 Å². The summed E-state index contributed by atoms with van der Waals surface area (Å²) in [6.45, 7) is 1.05. The minimum absolute atomic E-state index is 0.135. The van der Waals surface area contributed by atoms with E-state index in [1.165, 1.54) is 12.0 Å². The number of carbonyl (C=O) groups excluding carboxylic acids is 2. The van der Waals surface area contributed by atoms with E-state index in [0.717, 1.165) is 0 Å². The van der Waals surface area contributed by atoms with Crippen molar-refractivity contribution in [1.82, 2.24) is 4.90 Å². The lowest BCUT2D eigenvalue weighted by atomic mass is 10.2. The number of carbonyl (C=O) groups is 2. The molecule has 0 aromatic rings. The lowest BCUT2D eigenvalue weighted by Gasteiger charge is -2.33. The van der Waals surface area contributed by atoms with E-state index < -0.39 is 12.0 Å². The fraction of sp³-hybridized carbons (Fsp3) is 0.778. The average molecular weight is 236 g/mol. The maximum absolute atomic E-state index is 11.6. The minimum Gasteiger partial charge on any atom is -0.467 e. The van der Waals surface area contributed by atoms with Crippen molar-refractivity contribution in [3.63, 3.8) is 0 Å². The summed E-state index contributed by atoms with van der Waals surface area (Å²) < 4.78 is 9.74. The lowest BCUT2D eigenvalue weighted by molar-refractivity contribution is -0.160. The molecule has 0 N–H and O–H groups in total. The number of hydrogen-bond acceptors (Lipinski definition) is 4. The largest absolute Gasteiger partial charge is 0.467 e. The molecule has 1 unspecified atom stereocenters. The fourth-order valence-electron chi connectivity index (χ4n) is 1.46. The van der Waals surface area contributed by atoms with Crippen molar-refractivity contribution in [1.29, 1.82) is 0 Å². The zero-order valence-corrected chi connectivity index (χ0v) is 9.33. The molecule has 0 radical (unpaired) electrons. The average Bonchev–Trinajstić information content (AvgIpc) is 2.28. The highest BCUT2D eigenvalue weighted by molar-refractivity contribution is 6.18. The molecular weight excluding hydrogens is 222 g/mol. The Hall–Kier alpha value is -0.810. The SMILES string of the molecule is COC(=O)C1COCCN1C(=O)CCCl. The molecule has 1 amide bonds. The van der Waals surface area contributed by atoms with Gasteiger partial charge in [-0.1, -0.05) is 0 Å². The van der Waals surface area contributed by atoms with Gasteiger partial charge in [-0.25, -0.2) is 4.79 Å². The number of esters is 1. The molecule has 0 bridgehead atoms. The number of amides is 1. The van der Waals surface area contributed by atoms with Gasteiger partial charge in [-0.05, 0) is 0 Å². The molecule has 6 heteroatoms. The highest BCUT2D eigenvalue weighted by Gasteiger charge is 2.32. The van der Waals surface area contributed by atoms with E-state index in [-0.39, 0.29) is 24.8 Å². The monoisotopic (exact) mass is 235 g/mol. The first kappa shape index (κ1) is 12.3. The highest BCUT2D eigenvalue weighted by atomic mass is 35.5. The molecule has 1 atom stereocenters. The number of methoxy groups -OCH3 is 1. The molecule has 1 heterocycles. The maximum atomic E-state index is 11.6. The third kappa shape index (κ3) is 3.07. The summed E-state index contributed by atoms with van der Waals surface area (Å²) in [5, 5.41) is 0. The molecule has 0 saturated carbocycles. The lowest BCUT2D eigenvalue weighted by Crippen LogP contribution is -2.53. The predicted octanol–water partition coefficient (Wildman–Crippen LogP) is 0.0157. The van der Waals surface area contributed by atoms with Crippen molar-refractivity contribution in [3.05, 3.63) is 0 Å². The predicted molar refractivity (Wildman–Crippen MR) is 53.7 cm³/mol. The zero-order chi connectivity index (χ0) is 11.3. The molecule has 15 heavy (non-hydrogen) atoms. The molecule has 0 aromatic carbocycles. The van der Waals surface area contributed by atoms with Crippen LogP contribution in [0.5, 0.6) is 0 Å². The molecule has 5 nitrogen and oxygen atoms in total. The Balaban J connectivity index is 2.65. The Morgan fingerprint density at radius 2 is 2.33 bits per heavy atom.